The van der Waals surface area contributed by atoms with Crippen LogP contribution < -0.4 is 0 Å². The molecule has 1 atom stereocenters. The van der Waals surface area contributed by atoms with Gasteiger partial charge < -0.3 is 10.0 Å². The van der Waals surface area contributed by atoms with Crippen molar-refractivity contribution in [2.45, 2.75) is 17.9 Å². The second-order valence-electron chi connectivity index (χ2n) is 6.22. The average Bonchev–Trinajstić information content (AvgIpc) is 3.29. The summed E-state index contributed by atoms with van der Waals surface area (Å²) >= 11 is 0. The van der Waals surface area contributed by atoms with Crippen LogP contribution in [-0.2, 0) is 21.9 Å². The molecule has 1 N–H and O–H groups in total. The number of aliphatic carboxylic acids is 1. The molecule has 1 fully saturated rings. The normalized spacial score (nSPS) is 17.0. The van der Waals surface area contributed by atoms with Crippen molar-refractivity contribution >= 4 is 21.9 Å². The number of aryl methyl sites for hydroxylation is 1. The molecule has 146 valence electrons. The topological polar surface area (TPSA) is 131 Å². The van der Waals surface area contributed by atoms with Crippen LogP contribution in [0.25, 0.3) is 0 Å². The number of sulfonamides is 1. The third-order valence-electron chi connectivity index (χ3n) is 4.46. The Balaban J connectivity index is 1.70. The Hall–Kier alpha value is -2.73. The Morgan fingerprint density at radius 3 is 2.41 bits per heavy atom. The van der Waals surface area contributed by atoms with Gasteiger partial charge in [0.2, 0.25) is 10.0 Å². The zero-order chi connectivity index (χ0) is 19.8. The largest absolute Gasteiger partial charge is 0.480 e. The molecule has 0 aliphatic carbocycles. The van der Waals surface area contributed by atoms with Gasteiger partial charge in [-0.2, -0.15) is 14.5 Å². The van der Waals surface area contributed by atoms with Gasteiger partial charge in [0.15, 0.2) is 0 Å². The van der Waals surface area contributed by atoms with E-state index in [1.165, 1.54) is 45.5 Å². The van der Waals surface area contributed by atoms with Crippen molar-refractivity contribution in [1.29, 1.82) is 0 Å². The molecule has 0 spiro atoms. The van der Waals surface area contributed by atoms with Crippen molar-refractivity contribution in [2.75, 3.05) is 26.2 Å². The number of carboxylic acids is 1. The monoisotopic (exact) mass is 396 g/mol. The lowest BCUT2D eigenvalue weighted by Crippen LogP contribution is -2.50. The molecule has 0 bridgehead atoms. The summed E-state index contributed by atoms with van der Waals surface area (Å²) in [6, 6.07) is 0.478. The number of carboxylic acid groups (broad SMARTS) is 1. The van der Waals surface area contributed by atoms with Gasteiger partial charge in [0.05, 0.1) is 6.20 Å². The highest BCUT2D eigenvalue weighted by molar-refractivity contribution is 7.89. The zero-order valence-corrected chi connectivity index (χ0v) is 15.7. The average molecular weight is 396 g/mol. The van der Waals surface area contributed by atoms with Gasteiger partial charge in [-0.05, 0) is 13.0 Å². The summed E-state index contributed by atoms with van der Waals surface area (Å²) in [5.74, 6) is -1.47. The Morgan fingerprint density at radius 1 is 1.19 bits per heavy atom. The molecule has 2 aromatic rings. The lowest BCUT2D eigenvalue weighted by molar-refractivity contribution is -0.140. The number of amides is 1. The summed E-state index contributed by atoms with van der Waals surface area (Å²) in [7, 11) is -2.02. The number of nitrogens with zero attached hydrogens (tertiary/aromatic N) is 6. The van der Waals surface area contributed by atoms with Crippen LogP contribution in [-0.4, -0.2) is 80.3 Å². The molecule has 1 amide bonds. The maximum absolute atomic E-state index is 12.7. The predicted molar refractivity (Wildman–Crippen MR) is 92.4 cm³/mol. The first-order valence-corrected chi connectivity index (χ1v) is 9.70. The van der Waals surface area contributed by atoms with E-state index >= 15 is 0 Å². The fraction of sp³-hybridized carbons (Fsp3) is 0.467. The van der Waals surface area contributed by atoms with E-state index in [-0.39, 0.29) is 42.7 Å². The summed E-state index contributed by atoms with van der Waals surface area (Å²) in [5.41, 5.74) is 0.161. The number of aromatic nitrogens is 4. The lowest BCUT2D eigenvalue weighted by Gasteiger charge is -2.33. The fourth-order valence-electron chi connectivity index (χ4n) is 2.87. The lowest BCUT2D eigenvalue weighted by atomic mass is 10.2. The molecule has 2 aromatic heterocycles. The van der Waals surface area contributed by atoms with Crippen LogP contribution in [0.3, 0.4) is 0 Å². The SMILES string of the molecule is CC(C(=O)O)n1nccc1C(=O)N1CCN(S(=O)(=O)c2cnn(C)c2)CC1. The van der Waals surface area contributed by atoms with Crippen molar-refractivity contribution in [3.05, 3.63) is 30.4 Å². The van der Waals surface area contributed by atoms with E-state index < -0.39 is 22.0 Å². The first-order chi connectivity index (χ1) is 12.7. The van der Waals surface area contributed by atoms with Crippen LogP contribution in [0, 0.1) is 0 Å². The smallest absolute Gasteiger partial charge is 0.328 e. The van der Waals surface area contributed by atoms with Gasteiger partial charge in [-0.15, -0.1) is 0 Å². The number of rotatable bonds is 5. The summed E-state index contributed by atoms with van der Waals surface area (Å²) in [4.78, 5) is 25.5. The minimum absolute atomic E-state index is 0.109. The van der Waals surface area contributed by atoms with Crippen molar-refractivity contribution in [3.63, 3.8) is 0 Å². The first kappa shape index (κ1) is 19.0. The Bertz CT molecular complexity index is 957. The van der Waals surface area contributed by atoms with Gasteiger partial charge in [-0.25, -0.2) is 17.9 Å². The molecule has 3 rings (SSSR count). The number of hydrogen-bond donors (Lipinski definition) is 1. The maximum atomic E-state index is 12.7. The summed E-state index contributed by atoms with van der Waals surface area (Å²) in [6.45, 7) is 2.12. The highest BCUT2D eigenvalue weighted by Crippen LogP contribution is 2.18. The van der Waals surface area contributed by atoms with Crippen molar-refractivity contribution < 1.29 is 23.1 Å². The highest BCUT2D eigenvalue weighted by atomic mass is 32.2. The second kappa shape index (κ2) is 7.12. The van der Waals surface area contributed by atoms with Crippen LogP contribution in [0.5, 0.6) is 0 Å². The number of piperazine rings is 1. The summed E-state index contributed by atoms with van der Waals surface area (Å²) in [6.07, 6.45) is 4.09. The molecule has 3 heterocycles. The van der Waals surface area contributed by atoms with Gasteiger partial charge in [-0.3, -0.25) is 9.48 Å². The quantitative estimate of drug-likeness (QED) is 0.715. The molecule has 12 heteroatoms. The van der Waals surface area contributed by atoms with Crippen molar-refractivity contribution in [3.8, 4) is 0 Å². The molecule has 1 aliphatic rings. The van der Waals surface area contributed by atoms with Crippen LogP contribution >= 0.6 is 0 Å². The van der Waals surface area contributed by atoms with Gasteiger partial charge >= 0.3 is 5.97 Å². The molecule has 1 saturated heterocycles. The molecule has 11 nitrogen and oxygen atoms in total. The Labute approximate surface area is 155 Å². The summed E-state index contributed by atoms with van der Waals surface area (Å²) < 4.78 is 29.1. The van der Waals surface area contributed by atoms with E-state index in [1.54, 1.807) is 7.05 Å². The Morgan fingerprint density at radius 2 is 1.85 bits per heavy atom. The predicted octanol–water partition coefficient (Wildman–Crippen LogP) is -0.591. The van der Waals surface area contributed by atoms with Gasteiger partial charge in [-0.1, -0.05) is 0 Å². The third-order valence-corrected chi connectivity index (χ3v) is 6.31. The summed E-state index contributed by atoms with van der Waals surface area (Å²) in [5, 5.41) is 16.9. The molecule has 0 saturated carbocycles. The fourth-order valence-corrected chi connectivity index (χ4v) is 4.28. The second-order valence-corrected chi connectivity index (χ2v) is 8.16. The minimum atomic E-state index is -3.66. The van der Waals surface area contributed by atoms with Crippen molar-refractivity contribution in [1.82, 2.24) is 28.8 Å². The minimum Gasteiger partial charge on any atom is -0.480 e. The molecule has 1 aliphatic heterocycles. The van der Waals surface area contributed by atoms with Gasteiger partial charge in [0.25, 0.3) is 5.91 Å². The van der Waals surface area contributed by atoms with Gasteiger partial charge in [0, 0.05) is 45.6 Å². The molecule has 1 unspecified atom stereocenters. The molecule has 27 heavy (non-hydrogen) atoms. The van der Waals surface area contributed by atoms with Crippen LogP contribution in [0.1, 0.15) is 23.5 Å². The van der Waals surface area contributed by atoms with E-state index in [1.807, 2.05) is 0 Å². The number of carbonyl (C=O) groups is 2. The molecule has 0 radical (unpaired) electrons. The van der Waals surface area contributed by atoms with Crippen LogP contribution in [0.2, 0.25) is 0 Å². The highest BCUT2D eigenvalue weighted by Gasteiger charge is 2.32. The molecular weight excluding hydrogens is 376 g/mol. The van der Waals surface area contributed by atoms with E-state index in [9.17, 15) is 18.0 Å². The van der Waals surface area contributed by atoms with E-state index in [0.29, 0.717) is 0 Å². The van der Waals surface area contributed by atoms with Crippen LogP contribution in [0.4, 0.5) is 0 Å². The first-order valence-electron chi connectivity index (χ1n) is 8.26. The molecular formula is C15H20N6O5S. The third kappa shape index (κ3) is 3.57. The van der Waals surface area contributed by atoms with E-state index in [2.05, 4.69) is 10.2 Å². The van der Waals surface area contributed by atoms with Crippen LogP contribution in [0.15, 0.2) is 29.6 Å². The van der Waals surface area contributed by atoms with Crippen molar-refractivity contribution in [2.24, 2.45) is 7.05 Å². The number of carbonyl (C=O) groups excluding carboxylic acids is 1. The van der Waals surface area contributed by atoms with Gasteiger partial charge in [0.1, 0.15) is 16.6 Å². The van der Waals surface area contributed by atoms with E-state index in [0.717, 1.165) is 4.68 Å². The standard InChI is InChI=1S/C15H20N6O5S/c1-11(15(23)24)21-13(3-4-16-21)14(22)19-5-7-20(8-6-19)27(25,26)12-9-17-18(2)10-12/h3-4,9-11H,5-8H2,1-2H3,(H,23,24). The zero-order valence-electron chi connectivity index (χ0n) is 14.9. The number of hydrogen-bond acceptors (Lipinski definition) is 6. The molecule has 0 aromatic carbocycles. The van der Waals surface area contributed by atoms with E-state index in [4.69, 9.17) is 5.11 Å². The Kier molecular flexibility index (Phi) is 5.02. The maximum Gasteiger partial charge on any atom is 0.328 e.